The molecule has 2 rings (SSSR count). The highest BCUT2D eigenvalue weighted by molar-refractivity contribution is 4.67. The van der Waals surface area contributed by atoms with E-state index in [0.29, 0.717) is 0 Å². The van der Waals surface area contributed by atoms with Gasteiger partial charge < -0.3 is 15.7 Å². The average Bonchev–Trinajstić information content (AvgIpc) is 2.57. The van der Waals surface area contributed by atoms with Gasteiger partial charge in [0.05, 0.1) is 6.10 Å². The Bertz CT molecular complexity index is 80.5. The molecule has 3 heteroatoms. The van der Waals surface area contributed by atoms with E-state index in [1.54, 1.807) is 0 Å². The summed E-state index contributed by atoms with van der Waals surface area (Å²) in [5.41, 5.74) is 0. The van der Waals surface area contributed by atoms with E-state index in [4.69, 9.17) is 5.11 Å². The van der Waals surface area contributed by atoms with E-state index in [1.165, 1.54) is 25.9 Å². The number of hydrogen-bond acceptors (Lipinski definition) is 3. The number of β-amino-alcohol motifs (C(OH)–C–C–N with tert-alkyl or cyclic N) is 1. The summed E-state index contributed by atoms with van der Waals surface area (Å²) in [5.74, 6) is 0. The molecular weight excluding hydrogens is 140 g/mol. The van der Waals surface area contributed by atoms with Crippen LogP contribution in [0.2, 0.25) is 0 Å². The van der Waals surface area contributed by atoms with Crippen molar-refractivity contribution in [3.05, 3.63) is 0 Å². The van der Waals surface area contributed by atoms with Crippen molar-refractivity contribution in [3.8, 4) is 0 Å². The molecule has 2 heterocycles. The molecule has 0 amide bonds. The molecule has 0 radical (unpaired) electrons. The smallest absolute Gasteiger partial charge is 0.0676 e. The number of nitrogens with one attached hydrogen (secondary N) is 2. The van der Waals surface area contributed by atoms with Gasteiger partial charge in [-0.1, -0.05) is 0 Å². The zero-order chi connectivity index (χ0) is 7.94. The maximum atomic E-state index is 8.67. The molecule has 0 aromatic heterocycles. The molecule has 2 aliphatic heterocycles. The van der Waals surface area contributed by atoms with Crippen LogP contribution in [0, 0.1) is 0 Å². The van der Waals surface area contributed by atoms with Gasteiger partial charge in [-0.25, -0.2) is 0 Å². The minimum Gasteiger partial charge on any atom is -0.392 e. The molecule has 0 aromatic rings. The molecule has 2 aliphatic rings. The molecule has 0 spiro atoms. The monoisotopic (exact) mass is 158 g/mol. The lowest BCUT2D eigenvalue weighted by molar-refractivity contribution is 0.196. The van der Waals surface area contributed by atoms with Gasteiger partial charge >= 0.3 is 0 Å². The van der Waals surface area contributed by atoms with Crippen molar-refractivity contribution in [2.75, 3.05) is 26.2 Å². The van der Waals surface area contributed by atoms with Gasteiger partial charge in [-0.3, -0.25) is 0 Å². The van der Waals surface area contributed by atoms with Crippen LogP contribution in [-0.2, 0) is 0 Å². The summed E-state index contributed by atoms with van der Waals surface area (Å²) in [5, 5.41) is 14.9. The second kappa shape index (κ2) is 5.52. The van der Waals surface area contributed by atoms with Gasteiger partial charge in [-0.15, -0.1) is 0 Å². The topological polar surface area (TPSA) is 44.3 Å². The van der Waals surface area contributed by atoms with E-state index in [-0.39, 0.29) is 6.10 Å². The highest BCUT2D eigenvalue weighted by Gasteiger charge is 2.08. The fraction of sp³-hybridized carbons (Fsp3) is 1.00. The van der Waals surface area contributed by atoms with Gasteiger partial charge in [-0.2, -0.15) is 0 Å². The quantitative estimate of drug-likeness (QED) is 0.454. The molecular formula is C8H18N2O. The SMILES string of the molecule is C1CCNC1.O[C@H]1CCNC1. The Morgan fingerprint density at radius 3 is 1.91 bits per heavy atom. The maximum absolute atomic E-state index is 8.67. The molecule has 66 valence electrons. The molecule has 0 bridgehead atoms. The summed E-state index contributed by atoms with van der Waals surface area (Å²) in [7, 11) is 0. The third-order valence-electron chi connectivity index (χ3n) is 1.99. The third kappa shape index (κ3) is 4.35. The zero-order valence-corrected chi connectivity index (χ0v) is 6.97. The number of rotatable bonds is 0. The molecule has 3 nitrogen and oxygen atoms in total. The summed E-state index contributed by atoms with van der Waals surface area (Å²) < 4.78 is 0. The van der Waals surface area contributed by atoms with Crippen LogP contribution in [0.25, 0.3) is 0 Å². The van der Waals surface area contributed by atoms with E-state index in [1.807, 2.05) is 0 Å². The predicted octanol–water partition coefficient (Wildman–Crippen LogP) is -0.290. The first-order valence-corrected chi connectivity index (χ1v) is 4.49. The first-order valence-electron chi connectivity index (χ1n) is 4.49. The lowest BCUT2D eigenvalue weighted by Gasteiger charge is -1.90. The molecule has 1 atom stereocenters. The molecule has 0 unspecified atom stereocenters. The van der Waals surface area contributed by atoms with E-state index >= 15 is 0 Å². The van der Waals surface area contributed by atoms with Crippen molar-refractivity contribution < 1.29 is 5.11 Å². The van der Waals surface area contributed by atoms with Crippen LogP contribution in [0.3, 0.4) is 0 Å². The molecule has 3 N–H and O–H groups in total. The van der Waals surface area contributed by atoms with Gasteiger partial charge in [0.25, 0.3) is 0 Å². The van der Waals surface area contributed by atoms with Crippen molar-refractivity contribution in [2.45, 2.75) is 25.4 Å². The number of hydrogen-bond donors (Lipinski definition) is 3. The van der Waals surface area contributed by atoms with Gasteiger partial charge in [0.1, 0.15) is 0 Å². The Balaban J connectivity index is 0.000000112. The van der Waals surface area contributed by atoms with E-state index in [9.17, 15) is 0 Å². The Hall–Kier alpha value is -0.120. The van der Waals surface area contributed by atoms with Crippen LogP contribution in [0.1, 0.15) is 19.3 Å². The molecule has 0 aromatic carbocycles. The van der Waals surface area contributed by atoms with Gasteiger partial charge in [0.15, 0.2) is 0 Å². The van der Waals surface area contributed by atoms with Crippen molar-refractivity contribution in [1.29, 1.82) is 0 Å². The molecule has 11 heavy (non-hydrogen) atoms. The number of aliphatic hydroxyl groups is 1. The predicted molar refractivity (Wildman–Crippen MR) is 45.6 cm³/mol. The molecule has 2 fully saturated rings. The fourth-order valence-corrected chi connectivity index (χ4v) is 1.26. The summed E-state index contributed by atoms with van der Waals surface area (Å²) in [6.07, 6.45) is 3.64. The second-order valence-electron chi connectivity index (χ2n) is 3.10. The van der Waals surface area contributed by atoms with Crippen LogP contribution in [0.4, 0.5) is 0 Å². The largest absolute Gasteiger partial charge is 0.392 e. The van der Waals surface area contributed by atoms with Gasteiger partial charge in [0, 0.05) is 6.54 Å². The van der Waals surface area contributed by atoms with Gasteiger partial charge in [-0.05, 0) is 38.9 Å². The minimum absolute atomic E-state index is 0.0648. The van der Waals surface area contributed by atoms with Crippen LogP contribution < -0.4 is 10.6 Å². The third-order valence-corrected chi connectivity index (χ3v) is 1.99. The van der Waals surface area contributed by atoms with Crippen LogP contribution in [-0.4, -0.2) is 37.4 Å². The highest BCUT2D eigenvalue weighted by Crippen LogP contribution is 1.93. The van der Waals surface area contributed by atoms with Crippen molar-refractivity contribution in [1.82, 2.24) is 10.6 Å². The lowest BCUT2D eigenvalue weighted by Crippen LogP contribution is -2.11. The summed E-state index contributed by atoms with van der Waals surface area (Å²) in [6.45, 7) is 4.28. The van der Waals surface area contributed by atoms with Crippen molar-refractivity contribution >= 4 is 0 Å². The Morgan fingerprint density at radius 1 is 1.00 bits per heavy atom. The lowest BCUT2D eigenvalue weighted by atomic mass is 10.3. The molecule has 2 saturated heterocycles. The normalized spacial score (nSPS) is 29.7. The van der Waals surface area contributed by atoms with Crippen LogP contribution in [0.5, 0.6) is 0 Å². The zero-order valence-electron chi connectivity index (χ0n) is 6.97. The maximum Gasteiger partial charge on any atom is 0.0676 e. The van der Waals surface area contributed by atoms with Gasteiger partial charge in [0.2, 0.25) is 0 Å². The highest BCUT2D eigenvalue weighted by atomic mass is 16.3. The fourth-order valence-electron chi connectivity index (χ4n) is 1.26. The molecule has 0 aliphatic carbocycles. The summed E-state index contributed by atoms with van der Waals surface area (Å²) >= 11 is 0. The Labute approximate surface area is 68.2 Å². The minimum atomic E-state index is -0.0648. The Morgan fingerprint density at radius 2 is 1.73 bits per heavy atom. The van der Waals surface area contributed by atoms with E-state index in [2.05, 4.69) is 10.6 Å². The first kappa shape index (κ1) is 8.97. The second-order valence-corrected chi connectivity index (χ2v) is 3.10. The standard InChI is InChI=1S/C4H9NO.C4H9N/c6-4-1-2-5-3-4;1-2-4-5-3-1/h4-6H,1-3H2;5H,1-4H2/t4-;/m0./s1. The average molecular weight is 158 g/mol. The number of aliphatic hydroxyl groups excluding tert-OH is 1. The van der Waals surface area contributed by atoms with Crippen LogP contribution >= 0.6 is 0 Å². The Kier molecular flexibility index (Phi) is 4.50. The van der Waals surface area contributed by atoms with Crippen LogP contribution in [0.15, 0.2) is 0 Å². The summed E-state index contributed by atoms with van der Waals surface area (Å²) in [6, 6.07) is 0. The van der Waals surface area contributed by atoms with E-state index < -0.39 is 0 Å². The van der Waals surface area contributed by atoms with Crippen molar-refractivity contribution in [2.24, 2.45) is 0 Å². The summed E-state index contributed by atoms with van der Waals surface area (Å²) in [4.78, 5) is 0. The van der Waals surface area contributed by atoms with Crippen molar-refractivity contribution in [3.63, 3.8) is 0 Å². The first-order chi connectivity index (χ1) is 5.39. The van der Waals surface area contributed by atoms with E-state index in [0.717, 1.165) is 19.5 Å². The molecule has 0 saturated carbocycles.